The summed E-state index contributed by atoms with van der Waals surface area (Å²) >= 11 is 0. The van der Waals surface area contributed by atoms with E-state index in [1.165, 1.54) is 34.0 Å². The summed E-state index contributed by atoms with van der Waals surface area (Å²) in [6, 6.07) is 3.15. The molecule has 126 valence electrons. The molecule has 1 saturated heterocycles. The Hall–Kier alpha value is -2.90. The summed E-state index contributed by atoms with van der Waals surface area (Å²) in [4.78, 5) is 25.0. The third kappa shape index (κ3) is 2.70. The van der Waals surface area contributed by atoms with E-state index in [0.717, 1.165) is 0 Å². The molecule has 8 heteroatoms. The van der Waals surface area contributed by atoms with Crippen LogP contribution in [0.4, 0.5) is 4.39 Å². The van der Waals surface area contributed by atoms with Crippen molar-refractivity contribution in [2.75, 3.05) is 6.54 Å². The summed E-state index contributed by atoms with van der Waals surface area (Å²) in [7, 11) is 0. The number of aromatic hydroxyl groups is 1. The van der Waals surface area contributed by atoms with Crippen molar-refractivity contribution in [3.05, 3.63) is 41.5 Å². The number of aryl methyl sites for hydroxylation is 1. The van der Waals surface area contributed by atoms with Crippen molar-refractivity contribution in [3.8, 4) is 11.4 Å². The number of aromatic nitrogens is 2. The molecule has 0 aliphatic carbocycles. The fourth-order valence-corrected chi connectivity index (χ4v) is 2.92. The molecule has 24 heavy (non-hydrogen) atoms. The Balaban J connectivity index is 1.94. The van der Waals surface area contributed by atoms with E-state index < -0.39 is 23.7 Å². The second kappa shape index (κ2) is 5.95. The molecule has 7 nitrogen and oxygen atoms in total. The van der Waals surface area contributed by atoms with Crippen LogP contribution in [-0.4, -0.2) is 49.4 Å². The van der Waals surface area contributed by atoms with Crippen molar-refractivity contribution < 1.29 is 24.2 Å². The number of halogens is 1. The lowest BCUT2D eigenvalue weighted by Crippen LogP contribution is -2.40. The van der Waals surface area contributed by atoms with Crippen LogP contribution < -0.4 is 0 Å². The molecule has 1 aromatic carbocycles. The smallest absolute Gasteiger partial charge is 0.326 e. The van der Waals surface area contributed by atoms with Crippen LogP contribution in [0, 0.1) is 12.7 Å². The van der Waals surface area contributed by atoms with Gasteiger partial charge in [-0.15, -0.1) is 0 Å². The van der Waals surface area contributed by atoms with Gasteiger partial charge in [-0.05, 0) is 43.5 Å². The van der Waals surface area contributed by atoms with E-state index in [1.807, 2.05) is 0 Å². The van der Waals surface area contributed by atoms with Gasteiger partial charge in [-0.2, -0.15) is 5.10 Å². The minimum Gasteiger partial charge on any atom is -0.504 e. The molecule has 2 heterocycles. The Labute approximate surface area is 136 Å². The number of rotatable bonds is 3. The highest BCUT2D eigenvalue weighted by Gasteiger charge is 2.36. The molecule has 1 atom stereocenters. The van der Waals surface area contributed by atoms with Gasteiger partial charge in [0.15, 0.2) is 11.4 Å². The lowest BCUT2D eigenvalue weighted by molar-refractivity contribution is -0.141. The van der Waals surface area contributed by atoms with Crippen LogP contribution in [0.15, 0.2) is 24.4 Å². The Morgan fingerprint density at radius 2 is 2.12 bits per heavy atom. The predicted molar refractivity (Wildman–Crippen MR) is 81.6 cm³/mol. The number of carboxylic acid groups (broad SMARTS) is 1. The Morgan fingerprint density at radius 3 is 2.79 bits per heavy atom. The highest BCUT2D eigenvalue weighted by atomic mass is 19.1. The summed E-state index contributed by atoms with van der Waals surface area (Å²) < 4.78 is 14.5. The summed E-state index contributed by atoms with van der Waals surface area (Å²) in [5.74, 6) is -2.45. The van der Waals surface area contributed by atoms with Crippen LogP contribution in [0.25, 0.3) is 5.69 Å². The van der Waals surface area contributed by atoms with Crippen molar-refractivity contribution in [2.45, 2.75) is 25.8 Å². The van der Waals surface area contributed by atoms with Gasteiger partial charge < -0.3 is 15.1 Å². The molecule has 2 aromatic rings. The maximum Gasteiger partial charge on any atom is 0.326 e. The molecular formula is C16H16FN3O4. The third-order valence-corrected chi connectivity index (χ3v) is 4.10. The lowest BCUT2D eigenvalue weighted by Gasteiger charge is -2.20. The molecule has 1 aliphatic heterocycles. The van der Waals surface area contributed by atoms with E-state index in [-0.39, 0.29) is 11.4 Å². The molecular weight excluding hydrogens is 317 g/mol. The highest BCUT2D eigenvalue weighted by molar-refractivity contribution is 5.97. The normalized spacial score (nSPS) is 17.2. The predicted octanol–water partition coefficient (Wildman–Crippen LogP) is 1.71. The lowest BCUT2D eigenvalue weighted by atomic mass is 10.2. The first-order chi connectivity index (χ1) is 11.4. The van der Waals surface area contributed by atoms with Gasteiger partial charge >= 0.3 is 5.97 Å². The minimum absolute atomic E-state index is 0.216. The summed E-state index contributed by atoms with van der Waals surface area (Å²) in [6.07, 6.45) is 2.21. The van der Waals surface area contributed by atoms with E-state index in [9.17, 15) is 24.2 Å². The Kier molecular flexibility index (Phi) is 3.96. The number of likely N-dealkylation sites (tertiary alicyclic amines) is 1. The Morgan fingerprint density at radius 1 is 1.38 bits per heavy atom. The quantitative estimate of drug-likeness (QED) is 0.891. The first kappa shape index (κ1) is 16.0. The zero-order valence-corrected chi connectivity index (χ0v) is 12.9. The summed E-state index contributed by atoms with van der Waals surface area (Å²) in [6.45, 7) is 1.98. The van der Waals surface area contributed by atoms with Crippen molar-refractivity contribution in [1.29, 1.82) is 0 Å². The van der Waals surface area contributed by atoms with E-state index in [1.54, 1.807) is 6.92 Å². The maximum atomic E-state index is 13.2. The van der Waals surface area contributed by atoms with Gasteiger partial charge in [0.1, 0.15) is 11.9 Å². The molecule has 2 N–H and O–H groups in total. The number of hydrogen-bond donors (Lipinski definition) is 2. The van der Waals surface area contributed by atoms with Crippen LogP contribution in [0.3, 0.4) is 0 Å². The molecule has 1 fully saturated rings. The van der Waals surface area contributed by atoms with E-state index in [0.29, 0.717) is 30.6 Å². The van der Waals surface area contributed by atoms with Gasteiger partial charge in [-0.3, -0.25) is 4.79 Å². The highest BCUT2D eigenvalue weighted by Crippen LogP contribution is 2.25. The standard InChI is InChI=1S/C16H16FN3O4/c1-9-7-10(17)4-5-11(9)20-8-13(21)14(18-20)15(22)19-6-2-3-12(19)16(23)24/h4-5,7-8,12,21H,2-3,6H2,1H3,(H,23,24). The average molecular weight is 333 g/mol. The van der Waals surface area contributed by atoms with Crippen molar-refractivity contribution >= 4 is 11.9 Å². The van der Waals surface area contributed by atoms with Gasteiger partial charge in [0.05, 0.1) is 11.9 Å². The Bertz CT molecular complexity index is 818. The zero-order valence-electron chi connectivity index (χ0n) is 12.9. The van der Waals surface area contributed by atoms with Crippen LogP contribution in [0.2, 0.25) is 0 Å². The number of benzene rings is 1. The number of carbonyl (C=O) groups excluding carboxylic acids is 1. The largest absolute Gasteiger partial charge is 0.504 e. The fraction of sp³-hybridized carbons (Fsp3) is 0.312. The van der Waals surface area contributed by atoms with Gasteiger partial charge in [0, 0.05) is 6.54 Å². The fourth-order valence-electron chi connectivity index (χ4n) is 2.92. The van der Waals surface area contributed by atoms with E-state index in [2.05, 4.69) is 5.10 Å². The third-order valence-electron chi connectivity index (χ3n) is 4.10. The van der Waals surface area contributed by atoms with E-state index >= 15 is 0 Å². The molecule has 0 spiro atoms. The number of carbonyl (C=O) groups is 2. The van der Waals surface area contributed by atoms with Gasteiger partial charge in [0.25, 0.3) is 5.91 Å². The monoisotopic (exact) mass is 333 g/mol. The SMILES string of the molecule is Cc1cc(F)ccc1-n1cc(O)c(C(=O)N2CCCC2C(=O)O)n1. The summed E-state index contributed by atoms with van der Waals surface area (Å²) in [5.41, 5.74) is 0.884. The number of hydrogen-bond acceptors (Lipinski definition) is 4. The molecule has 1 aromatic heterocycles. The second-order valence-electron chi connectivity index (χ2n) is 5.73. The molecule has 1 unspecified atom stereocenters. The molecule has 0 bridgehead atoms. The van der Waals surface area contributed by atoms with Crippen molar-refractivity contribution in [2.24, 2.45) is 0 Å². The zero-order chi connectivity index (χ0) is 17.4. The molecule has 0 saturated carbocycles. The number of amides is 1. The topological polar surface area (TPSA) is 95.7 Å². The molecule has 0 radical (unpaired) electrons. The van der Waals surface area contributed by atoms with E-state index in [4.69, 9.17) is 0 Å². The number of aliphatic carboxylic acids is 1. The molecule has 3 rings (SSSR count). The van der Waals surface area contributed by atoms with Crippen LogP contribution in [0.5, 0.6) is 5.75 Å². The number of nitrogens with zero attached hydrogens (tertiary/aromatic N) is 3. The minimum atomic E-state index is -1.07. The average Bonchev–Trinajstić information content (AvgIpc) is 3.13. The van der Waals surface area contributed by atoms with Crippen LogP contribution in [-0.2, 0) is 4.79 Å². The maximum absolute atomic E-state index is 13.2. The number of carboxylic acids is 1. The van der Waals surface area contributed by atoms with Crippen molar-refractivity contribution in [3.63, 3.8) is 0 Å². The molecule has 1 aliphatic rings. The van der Waals surface area contributed by atoms with Crippen LogP contribution in [0.1, 0.15) is 28.9 Å². The molecule has 1 amide bonds. The van der Waals surface area contributed by atoms with Crippen molar-refractivity contribution in [1.82, 2.24) is 14.7 Å². The van der Waals surface area contributed by atoms with Gasteiger partial charge in [0.2, 0.25) is 0 Å². The van der Waals surface area contributed by atoms with Gasteiger partial charge in [-0.1, -0.05) is 0 Å². The first-order valence-corrected chi connectivity index (χ1v) is 7.47. The second-order valence-corrected chi connectivity index (χ2v) is 5.73. The first-order valence-electron chi connectivity index (χ1n) is 7.47. The van der Waals surface area contributed by atoms with Crippen LogP contribution >= 0.6 is 0 Å². The summed E-state index contributed by atoms with van der Waals surface area (Å²) in [5, 5.41) is 23.3. The van der Waals surface area contributed by atoms with Gasteiger partial charge in [-0.25, -0.2) is 13.9 Å².